The average molecular weight is 276 g/mol. The molecule has 18 heavy (non-hydrogen) atoms. The number of carboxylic acid groups (broad SMARTS) is 1. The number of hydrogen-bond donors (Lipinski definition) is 3. The molecule has 1 atom stereocenters. The molecule has 1 rings (SSSR count). The van der Waals surface area contributed by atoms with Crippen molar-refractivity contribution in [3.63, 3.8) is 0 Å². The zero-order valence-corrected chi connectivity index (χ0v) is 10.7. The maximum Gasteiger partial charge on any atom is 0.312 e. The van der Waals surface area contributed by atoms with Crippen LogP contribution in [-0.4, -0.2) is 36.9 Å². The van der Waals surface area contributed by atoms with Crippen molar-refractivity contribution in [2.45, 2.75) is 5.92 Å². The molecule has 4 N–H and O–H groups in total. The minimum Gasteiger partial charge on any atom is -0.506 e. The second kappa shape index (κ2) is 5.79. The van der Waals surface area contributed by atoms with E-state index in [2.05, 4.69) is 0 Å². The van der Waals surface area contributed by atoms with Crippen LogP contribution in [0.1, 0.15) is 11.5 Å². The van der Waals surface area contributed by atoms with Crippen molar-refractivity contribution in [1.29, 1.82) is 0 Å². The Hall–Kier alpha value is -1.66. The van der Waals surface area contributed by atoms with Gasteiger partial charge in [-0.15, -0.1) is 0 Å². The smallest absolute Gasteiger partial charge is 0.312 e. The minimum atomic E-state index is -1.18. The van der Waals surface area contributed by atoms with E-state index in [4.69, 9.17) is 31.9 Å². The van der Waals surface area contributed by atoms with Crippen molar-refractivity contribution in [3.8, 4) is 17.2 Å². The summed E-state index contributed by atoms with van der Waals surface area (Å²) < 4.78 is 10.1. The number of rotatable bonds is 5. The maximum atomic E-state index is 11.1. The first-order valence-corrected chi connectivity index (χ1v) is 5.41. The molecular weight excluding hydrogens is 262 g/mol. The molecule has 6 nitrogen and oxygen atoms in total. The summed E-state index contributed by atoms with van der Waals surface area (Å²) in [5, 5.41) is 19.0. The number of carboxylic acids is 1. The predicted octanol–water partition coefficient (Wildman–Crippen LogP) is 1.19. The molecule has 1 unspecified atom stereocenters. The topological polar surface area (TPSA) is 102 Å². The Morgan fingerprint density at radius 1 is 1.50 bits per heavy atom. The van der Waals surface area contributed by atoms with Gasteiger partial charge in [-0.3, -0.25) is 4.79 Å². The van der Waals surface area contributed by atoms with E-state index in [9.17, 15) is 9.90 Å². The third-order valence-corrected chi connectivity index (χ3v) is 2.80. The van der Waals surface area contributed by atoms with Crippen molar-refractivity contribution >= 4 is 17.6 Å². The number of hydrogen-bond acceptors (Lipinski definition) is 5. The van der Waals surface area contributed by atoms with E-state index < -0.39 is 11.9 Å². The molecule has 0 aliphatic carbocycles. The summed E-state index contributed by atoms with van der Waals surface area (Å²) in [7, 11) is 2.72. The molecular formula is C11H14ClNO5. The summed E-state index contributed by atoms with van der Waals surface area (Å²) in [5.41, 5.74) is 5.42. The Morgan fingerprint density at radius 3 is 2.50 bits per heavy atom. The van der Waals surface area contributed by atoms with Gasteiger partial charge < -0.3 is 25.4 Å². The van der Waals surface area contributed by atoms with Crippen LogP contribution in [0.3, 0.4) is 0 Å². The molecule has 0 saturated heterocycles. The number of ether oxygens (including phenoxy) is 2. The average Bonchev–Trinajstić information content (AvgIpc) is 2.34. The predicted molar refractivity (Wildman–Crippen MR) is 65.7 cm³/mol. The van der Waals surface area contributed by atoms with E-state index in [1.165, 1.54) is 20.3 Å². The van der Waals surface area contributed by atoms with Crippen LogP contribution in [0, 0.1) is 0 Å². The number of phenols is 1. The van der Waals surface area contributed by atoms with Crippen molar-refractivity contribution in [2.75, 3.05) is 20.8 Å². The van der Waals surface area contributed by atoms with Gasteiger partial charge in [0.15, 0.2) is 11.5 Å². The second-order valence-corrected chi connectivity index (χ2v) is 3.89. The Kier molecular flexibility index (Phi) is 4.63. The number of halogens is 1. The van der Waals surface area contributed by atoms with Crippen LogP contribution in [0.4, 0.5) is 0 Å². The van der Waals surface area contributed by atoms with Crippen LogP contribution in [0.25, 0.3) is 0 Å². The standard InChI is InChI=1S/C11H14ClNO5/c1-17-7-3-6(12)9(14)8(10(7)18-2)5(4-13)11(15)16/h3,5,14H,4,13H2,1-2H3,(H,15,16). The van der Waals surface area contributed by atoms with Crippen LogP contribution in [0.5, 0.6) is 17.2 Å². The summed E-state index contributed by atoms with van der Waals surface area (Å²) in [6.45, 7) is -0.206. The molecule has 0 saturated carbocycles. The number of methoxy groups -OCH3 is 2. The Bertz CT molecular complexity index is 463. The summed E-state index contributed by atoms with van der Waals surface area (Å²) in [4.78, 5) is 11.1. The fourth-order valence-corrected chi connectivity index (χ4v) is 1.85. The van der Waals surface area contributed by atoms with Crippen molar-refractivity contribution < 1.29 is 24.5 Å². The lowest BCUT2D eigenvalue weighted by molar-refractivity contribution is -0.138. The second-order valence-electron chi connectivity index (χ2n) is 3.48. The van der Waals surface area contributed by atoms with Gasteiger partial charge in [0.05, 0.1) is 24.8 Å². The molecule has 0 aliphatic rings. The summed E-state index contributed by atoms with van der Waals surface area (Å²) in [6.07, 6.45) is 0. The van der Waals surface area contributed by atoms with E-state index in [-0.39, 0.29) is 34.4 Å². The first kappa shape index (κ1) is 14.4. The van der Waals surface area contributed by atoms with Gasteiger partial charge in [-0.2, -0.15) is 0 Å². The lowest BCUT2D eigenvalue weighted by Crippen LogP contribution is -2.22. The molecule has 0 aromatic heterocycles. The largest absolute Gasteiger partial charge is 0.506 e. The number of carbonyl (C=O) groups is 1. The summed E-state index contributed by atoms with van der Waals surface area (Å²) in [5.74, 6) is -2.35. The zero-order valence-electron chi connectivity index (χ0n) is 9.94. The third-order valence-electron chi connectivity index (χ3n) is 2.51. The summed E-state index contributed by atoms with van der Waals surface area (Å²) >= 11 is 5.81. The molecule has 1 aromatic carbocycles. The number of aliphatic carboxylic acids is 1. The first-order chi connectivity index (χ1) is 8.47. The molecule has 0 aliphatic heterocycles. The van der Waals surface area contributed by atoms with Gasteiger partial charge in [-0.25, -0.2) is 0 Å². The van der Waals surface area contributed by atoms with Crippen molar-refractivity contribution in [2.24, 2.45) is 5.73 Å². The monoisotopic (exact) mass is 275 g/mol. The zero-order chi connectivity index (χ0) is 13.9. The number of benzene rings is 1. The van der Waals surface area contributed by atoms with Gasteiger partial charge in [-0.05, 0) is 0 Å². The Balaban J connectivity index is 3.57. The molecule has 0 amide bonds. The molecule has 0 radical (unpaired) electrons. The maximum absolute atomic E-state index is 11.1. The van der Waals surface area contributed by atoms with Crippen LogP contribution in [-0.2, 0) is 4.79 Å². The van der Waals surface area contributed by atoms with E-state index >= 15 is 0 Å². The van der Waals surface area contributed by atoms with E-state index in [0.717, 1.165) is 0 Å². The molecule has 0 fully saturated rings. The quantitative estimate of drug-likeness (QED) is 0.746. The number of nitrogens with two attached hydrogens (primary N) is 1. The van der Waals surface area contributed by atoms with Gasteiger partial charge in [0.1, 0.15) is 11.7 Å². The molecule has 100 valence electrons. The Morgan fingerprint density at radius 2 is 2.11 bits per heavy atom. The normalized spacial score (nSPS) is 12.0. The van der Waals surface area contributed by atoms with E-state index in [1.807, 2.05) is 0 Å². The van der Waals surface area contributed by atoms with Crippen LogP contribution < -0.4 is 15.2 Å². The lowest BCUT2D eigenvalue weighted by Gasteiger charge is -2.19. The molecule has 1 aromatic rings. The fourth-order valence-electron chi connectivity index (χ4n) is 1.65. The van der Waals surface area contributed by atoms with Crippen LogP contribution >= 0.6 is 11.6 Å². The minimum absolute atomic E-state index is 0.0110. The van der Waals surface area contributed by atoms with Crippen LogP contribution in [0.2, 0.25) is 5.02 Å². The van der Waals surface area contributed by atoms with Gasteiger partial charge >= 0.3 is 5.97 Å². The van der Waals surface area contributed by atoms with Gasteiger partial charge in [0, 0.05) is 12.6 Å². The third kappa shape index (κ3) is 2.44. The summed E-state index contributed by atoms with van der Waals surface area (Å²) in [6, 6.07) is 1.34. The highest BCUT2D eigenvalue weighted by molar-refractivity contribution is 6.32. The fraction of sp³-hybridized carbons (Fsp3) is 0.364. The number of phenolic OH excluding ortho intramolecular Hbond substituents is 1. The van der Waals surface area contributed by atoms with Gasteiger partial charge in [-0.1, -0.05) is 11.6 Å². The first-order valence-electron chi connectivity index (χ1n) is 5.04. The van der Waals surface area contributed by atoms with Crippen molar-refractivity contribution in [3.05, 3.63) is 16.7 Å². The highest BCUT2D eigenvalue weighted by atomic mass is 35.5. The van der Waals surface area contributed by atoms with E-state index in [0.29, 0.717) is 0 Å². The van der Waals surface area contributed by atoms with E-state index in [1.54, 1.807) is 0 Å². The molecule has 0 spiro atoms. The number of aromatic hydroxyl groups is 1. The SMILES string of the molecule is COc1cc(Cl)c(O)c(C(CN)C(=O)O)c1OC. The highest BCUT2D eigenvalue weighted by Gasteiger charge is 2.29. The van der Waals surface area contributed by atoms with Gasteiger partial charge in [0.2, 0.25) is 0 Å². The van der Waals surface area contributed by atoms with Crippen LogP contribution in [0.15, 0.2) is 6.07 Å². The van der Waals surface area contributed by atoms with Gasteiger partial charge in [0.25, 0.3) is 0 Å². The molecule has 0 bridgehead atoms. The lowest BCUT2D eigenvalue weighted by atomic mass is 9.96. The molecule has 7 heteroatoms. The van der Waals surface area contributed by atoms with Crippen molar-refractivity contribution in [1.82, 2.24) is 0 Å². The highest BCUT2D eigenvalue weighted by Crippen LogP contribution is 2.45. The molecule has 0 heterocycles. The Labute approximate surface area is 109 Å².